The number of nitrogens with one attached hydrogen (secondary N) is 1. The number of aromatic nitrogens is 1. The van der Waals surface area contributed by atoms with Gasteiger partial charge in [-0.2, -0.15) is 0 Å². The molecule has 1 aliphatic heterocycles. The molecule has 0 spiro atoms. The van der Waals surface area contributed by atoms with Crippen LogP contribution in [0.25, 0.3) is 0 Å². The number of amides is 1. The van der Waals surface area contributed by atoms with E-state index < -0.39 is 0 Å². The van der Waals surface area contributed by atoms with E-state index in [0.29, 0.717) is 18.7 Å². The van der Waals surface area contributed by atoms with Crippen molar-refractivity contribution in [2.75, 3.05) is 11.4 Å². The minimum atomic E-state index is -0.280. The first kappa shape index (κ1) is 12.6. The quantitative estimate of drug-likeness (QED) is 0.821. The van der Waals surface area contributed by atoms with Crippen molar-refractivity contribution in [3.05, 3.63) is 64.1 Å². The normalized spacial score (nSPS) is 17.6. The number of carbonyl (C=O) groups is 1. The van der Waals surface area contributed by atoms with Crippen LogP contribution >= 0.6 is 0 Å². The van der Waals surface area contributed by atoms with Gasteiger partial charge in [-0.25, -0.2) is 0 Å². The molecule has 2 aromatic rings. The van der Waals surface area contributed by atoms with Crippen LogP contribution in [0, 0.1) is 0 Å². The Morgan fingerprint density at radius 3 is 2.80 bits per heavy atom. The Hall–Kier alpha value is -2.40. The van der Waals surface area contributed by atoms with Gasteiger partial charge in [0.2, 0.25) is 5.56 Å². The number of nitrogens with two attached hydrogens (primary N) is 1. The molecule has 3 rings (SSSR count). The Morgan fingerprint density at radius 1 is 1.20 bits per heavy atom. The number of aromatic amines is 1. The first-order valence-electron chi connectivity index (χ1n) is 6.52. The minimum Gasteiger partial charge on any atom is -0.324 e. The van der Waals surface area contributed by atoms with Crippen molar-refractivity contribution in [3.8, 4) is 0 Å². The first-order valence-corrected chi connectivity index (χ1v) is 6.52. The second-order valence-corrected chi connectivity index (χ2v) is 4.84. The summed E-state index contributed by atoms with van der Waals surface area (Å²) in [7, 11) is 0. The Balaban J connectivity index is 2.01. The van der Waals surface area contributed by atoms with Gasteiger partial charge in [-0.15, -0.1) is 0 Å². The van der Waals surface area contributed by atoms with Gasteiger partial charge in [-0.1, -0.05) is 24.3 Å². The molecule has 0 fully saturated rings. The molecule has 0 aliphatic carbocycles. The lowest BCUT2D eigenvalue weighted by molar-refractivity contribution is 0.0979. The van der Waals surface area contributed by atoms with Gasteiger partial charge >= 0.3 is 0 Å². The summed E-state index contributed by atoms with van der Waals surface area (Å²) in [6.45, 7) is 0.550. The Kier molecular flexibility index (Phi) is 3.12. The summed E-state index contributed by atoms with van der Waals surface area (Å²) >= 11 is 0. The average Bonchev–Trinajstić information content (AvgIpc) is 2.47. The molecule has 0 saturated heterocycles. The fourth-order valence-corrected chi connectivity index (χ4v) is 2.52. The van der Waals surface area contributed by atoms with E-state index in [1.807, 2.05) is 24.3 Å². The van der Waals surface area contributed by atoms with Crippen LogP contribution in [0.1, 0.15) is 28.5 Å². The van der Waals surface area contributed by atoms with E-state index in [-0.39, 0.29) is 17.5 Å². The van der Waals surface area contributed by atoms with Crippen LogP contribution in [0.4, 0.5) is 5.69 Å². The third-order valence-corrected chi connectivity index (χ3v) is 3.53. The highest BCUT2D eigenvalue weighted by molar-refractivity contribution is 6.05. The number of para-hydroxylation sites is 1. The Bertz CT molecular complexity index is 708. The van der Waals surface area contributed by atoms with Crippen LogP contribution in [-0.4, -0.2) is 17.4 Å². The molecule has 0 bridgehead atoms. The van der Waals surface area contributed by atoms with Gasteiger partial charge in [-0.05, 0) is 24.1 Å². The molecule has 5 nitrogen and oxygen atoms in total. The van der Waals surface area contributed by atoms with E-state index in [4.69, 9.17) is 5.73 Å². The predicted octanol–water partition coefficient (Wildman–Crippen LogP) is 1.43. The summed E-state index contributed by atoms with van der Waals surface area (Å²) in [5.41, 5.74) is 7.87. The second-order valence-electron chi connectivity index (χ2n) is 4.84. The fraction of sp³-hybridized carbons (Fsp3) is 0.200. The lowest BCUT2D eigenvalue weighted by Gasteiger charge is -2.32. The number of anilines is 1. The zero-order valence-corrected chi connectivity index (χ0v) is 10.9. The molecule has 2 heterocycles. The molecule has 3 N–H and O–H groups in total. The Labute approximate surface area is 116 Å². The molecule has 0 saturated carbocycles. The molecule has 20 heavy (non-hydrogen) atoms. The molecule has 102 valence electrons. The molecule has 1 atom stereocenters. The van der Waals surface area contributed by atoms with E-state index in [1.54, 1.807) is 17.0 Å². The van der Waals surface area contributed by atoms with Crippen LogP contribution in [0.3, 0.4) is 0 Å². The minimum absolute atomic E-state index is 0.0509. The number of benzene rings is 1. The SMILES string of the molecule is NC1CCN(C(=O)c2cccc(=O)[nH]2)c2ccccc21. The van der Waals surface area contributed by atoms with Crippen molar-refractivity contribution in [3.63, 3.8) is 0 Å². The zero-order chi connectivity index (χ0) is 14.1. The first-order chi connectivity index (χ1) is 9.66. The third kappa shape index (κ3) is 2.12. The maximum atomic E-state index is 12.5. The van der Waals surface area contributed by atoms with Crippen LogP contribution < -0.4 is 16.2 Å². The van der Waals surface area contributed by atoms with Gasteiger partial charge in [0.25, 0.3) is 5.91 Å². The number of fused-ring (bicyclic) bond motifs is 1. The van der Waals surface area contributed by atoms with Crippen molar-refractivity contribution < 1.29 is 4.79 Å². The summed E-state index contributed by atoms with van der Waals surface area (Å²) < 4.78 is 0. The maximum absolute atomic E-state index is 12.5. The smallest absolute Gasteiger partial charge is 0.274 e. The van der Waals surface area contributed by atoms with Crippen molar-refractivity contribution in [1.82, 2.24) is 4.98 Å². The molecule has 1 aromatic heterocycles. The van der Waals surface area contributed by atoms with E-state index in [0.717, 1.165) is 11.3 Å². The average molecular weight is 269 g/mol. The molecule has 0 radical (unpaired) electrons. The van der Waals surface area contributed by atoms with Crippen LogP contribution in [0.2, 0.25) is 0 Å². The molecular weight excluding hydrogens is 254 g/mol. The number of carbonyl (C=O) groups excluding carboxylic acids is 1. The van der Waals surface area contributed by atoms with Crippen LogP contribution in [0.5, 0.6) is 0 Å². The number of H-pyrrole nitrogens is 1. The highest BCUT2D eigenvalue weighted by Gasteiger charge is 2.27. The standard InChI is InChI=1S/C15H15N3O2/c16-11-8-9-18(13-6-2-1-4-10(11)13)15(20)12-5-3-7-14(19)17-12/h1-7,11H,8-9,16H2,(H,17,19). The number of pyridine rings is 1. The summed E-state index contributed by atoms with van der Waals surface area (Å²) in [4.78, 5) is 28.1. The molecule has 5 heteroatoms. The van der Waals surface area contributed by atoms with E-state index in [1.165, 1.54) is 6.07 Å². The van der Waals surface area contributed by atoms with Crippen molar-refractivity contribution in [1.29, 1.82) is 0 Å². The van der Waals surface area contributed by atoms with Crippen LogP contribution in [0.15, 0.2) is 47.3 Å². The lowest BCUT2D eigenvalue weighted by Crippen LogP contribution is -2.39. The summed E-state index contributed by atoms with van der Waals surface area (Å²) in [5, 5.41) is 0. The molecule has 1 amide bonds. The topological polar surface area (TPSA) is 79.2 Å². The second kappa shape index (κ2) is 4.94. The summed E-state index contributed by atoms with van der Waals surface area (Å²) in [6, 6.07) is 12.1. The van der Waals surface area contributed by atoms with E-state index in [9.17, 15) is 9.59 Å². The third-order valence-electron chi connectivity index (χ3n) is 3.53. The fourth-order valence-electron chi connectivity index (χ4n) is 2.52. The van der Waals surface area contributed by atoms with Gasteiger partial charge in [-0.3, -0.25) is 9.59 Å². The summed E-state index contributed by atoms with van der Waals surface area (Å²) in [6.07, 6.45) is 0.708. The van der Waals surface area contributed by atoms with Crippen molar-refractivity contribution in [2.45, 2.75) is 12.5 Å². The van der Waals surface area contributed by atoms with Gasteiger partial charge in [0.05, 0.1) is 0 Å². The number of hydrogen-bond donors (Lipinski definition) is 2. The lowest BCUT2D eigenvalue weighted by atomic mass is 9.97. The Morgan fingerprint density at radius 2 is 2.00 bits per heavy atom. The highest BCUT2D eigenvalue weighted by atomic mass is 16.2. The number of hydrogen-bond acceptors (Lipinski definition) is 3. The van der Waals surface area contributed by atoms with Gasteiger partial charge < -0.3 is 15.6 Å². The molecule has 1 unspecified atom stereocenters. The van der Waals surface area contributed by atoms with E-state index in [2.05, 4.69) is 4.98 Å². The highest BCUT2D eigenvalue weighted by Crippen LogP contribution is 2.32. The van der Waals surface area contributed by atoms with Gasteiger partial charge in [0.15, 0.2) is 0 Å². The molecular formula is C15H15N3O2. The van der Waals surface area contributed by atoms with Gasteiger partial charge in [0.1, 0.15) is 5.69 Å². The summed E-state index contributed by atoms with van der Waals surface area (Å²) in [5.74, 6) is -0.206. The maximum Gasteiger partial charge on any atom is 0.274 e. The molecule has 1 aliphatic rings. The largest absolute Gasteiger partial charge is 0.324 e. The number of rotatable bonds is 1. The van der Waals surface area contributed by atoms with Crippen LogP contribution in [-0.2, 0) is 0 Å². The van der Waals surface area contributed by atoms with E-state index >= 15 is 0 Å². The van der Waals surface area contributed by atoms with Crippen molar-refractivity contribution in [2.24, 2.45) is 5.73 Å². The predicted molar refractivity (Wildman–Crippen MR) is 76.7 cm³/mol. The number of nitrogens with zero attached hydrogens (tertiary/aromatic N) is 1. The monoisotopic (exact) mass is 269 g/mol. The van der Waals surface area contributed by atoms with Gasteiger partial charge in [0, 0.05) is 24.3 Å². The zero-order valence-electron chi connectivity index (χ0n) is 10.9. The molecule has 1 aromatic carbocycles. The van der Waals surface area contributed by atoms with Crippen molar-refractivity contribution >= 4 is 11.6 Å².